The molecular formula is C18H37N. The lowest BCUT2D eigenvalue weighted by atomic mass is 9.76. The van der Waals surface area contributed by atoms with E-state index in [1.807, 2.05) is 0 Å². The Kier molecular flexibility index (Phi) is 9.59. The van der Waals surface area contributed by atoms with Crippen LogP contribution in [0.5, 0.6) is 0 Å². The number of nitrogens with two attached hydrogens (primary N) is 1. The van der Waals surface area contributed by atoms with Crippen molar-refractivity contribution in [3.8, 4) is 0 Å². The SMILES string of the molecule is CCCCCCCCCC(N)C1CCCC(CC)C1. The molecule has 0 heterocycles. The minimum Gasteiger partial charge on any atom is -0.327 e. The van der Waals surface area contributed by atoms with Gasteiger partial charge in [0.05, 0.1) is 0 Å². The summed E-state index contributed by atoms with van der Waals surface area (Å²) < 4.78 is 0. The van der Waals surface area contributed by atoms with E-state index < -0.39 is 0 Å². The first-order chi connectivity index (χ1) is 9.27. The average molecular weight is 268 g/mol. The predicted octanol–water partition coefficient (Wildman–Crippen LogP) is 5.67. The molecule has 0 amide bonds. The first kappa shape index (κ1) is 17.0. The van der Waals surface area contributed by atoms with Gasteiger partial charge < -0.3 is 5.73 Å². The van der Waals surface area contributed by atoms with Gasteiger partial charge in [-0.25, -0.2) is 0 Å². The van der Waals surface area contributed by atoms with E-state index in [0.29, 0.717) is 6.04 Å². The number of unbranched alkanes of at least 4 members (excludes halogenated alkanes) is 6. The van der Waals surface area contributed by atoms with Gasteiger partial charge in [-0.2, -0.15) is 0 Å². The van der Waals surface area contributed by atoms with E-state index >= 15 is 0 Å². The smallest absolute Gasteiger partial charge is 0.00672 e. The zero-order valence-electron chi connectivity index (χ0n) is 13.5. The molecule has 1 rings (SSSR count). The van der Waals surface area contributed by atoms with E-state index in [-0.39, 0.29) is 0 Å². The minimum atomic E-state index is 0.491. The molecule has 0 radical (unpaired) electrons. The Balaban J connectivity index is 2.02. The summed E-state index contributed by atoms with van der Waals surface area (Å²) in [4.78, 5) is 0. The summed E-state index contributed by atoms with van der Waals surface area (Å²) in [5, 5.41) is 0. The largest absolute Gasteiger partial charge is 0.327 e. The van der Waals surface area contributed by atoms with Crippen molar-refractivity contribution in [3.05, 3.63) is 0 Å². The summed E-state index contributed by atoms with van der Waals surface area (Å²) in [5.41, 5.74) is 6.43. The van der Waals surface area contributed by atoms with Crippen LogP contribution in [-0.4, -0.2) is 6.04 Å². The van der Waals surface area contributed by atoms with Crippen LogP contribution in [0.2, 0.25) is 0 Å². The molecule has 2 N–H and O–H groups in total. The monoisotopic (exact) mass is 267 g/mol. The van der Waals surface area contributed by atoms with Crippen LogP contribution >= 0.6 is 0 Å². The Hall–Kier alpha value is -0.0400. The zero-order valence-corrected chi connectivity index (χ0v) is 13.5. The van der Waals surface area contributed by atoms with Gasteiger partial charge in [0.25, 0.3) is 0 Å². The fraction of sp³-hybridized carbons (Fsp3) is 1.00. The van der Waals surface area contributed by atoms with Crippen molar-refractivity contribution in [3.63, 3.8) is 0 Å². The maximum absolute atomic E-state index is 6.43. The molecule has 1 nitrogen and oxygen atoms in total. The molecule has 0 aliphatic heterocycles. The molecule has 1 heteroatoms. The fourth-order valence-corrected chi connectivity index (χ4v) is 3.67. The maximum atomic E-state index is 6.43. The molecular weight excluding hydrogens is 230 g/mol. The van der Waals surface area contributed by atoms with E-state index in [0.717, 1.165) is 11.8 Å². The first-order valence-electron chi connectivity index (χ1n) is 9.03. The molecule has 0 aromatic rings. The summed E-state index contributed by atoms with van der Waals surface area (Å²) in [7, 11) is 0. The lowest BCUT2D eigenvalue weighted by Crippen LogP contribution is -2.33. The van der Waals surface area contributed by atoms with Gasteiger partial charge in [-0.3, -0.25) is 0 Å². The minimum absolute atomic E-state index is 0.491. The summed E-state index contributed by atoms with van der Waals surface area (Å²) in [6.07, 6.45) is 18.2. The lowest BCUT2D eigenvalue weighted by Gasteiger charge is -2.32. The van der Waals surface area contributed by atoms with Crippen LogP contribution in [0.25, 0.3) is 0 Å². The third-order valence-electron chi connectivity index (χ3n) is 5.15. The third-order valence-corrected chi connectivity index (χ3v) is 5.15. The van der Waals surface area contributed by atoms with Crippen molar-refractivity contribution < 1.29 is 0 Å². The normalized spacial score (nSPS) is 25.4. The molecule has 0 saturated heterocycles. The predicted molar refractivity (Wildman–Crippen MR) is 86.3 cm³/mol. The second-order valence-corrected chi connectivity index (χ2v) is 6.77. The zero-order chi connectivity index (χ0) is 13.9. The summed E-state index contributed by atoms with van der Waals surface area (Å²) >= 11 is 0. The van der Waals surface area contributed by atoms with Gasteiger partial charge >= 0.3 is 0 Å². The van der Waals surface area contributed by atoms with E-state index in [1.165, 1.54) is 83.5 Å². The Labute approximate surface area is 121 Å². The summed E-state index contributed by atoms with van der Waals surface area (Å²) in [6.45, 7) is 4.63. The van der Waals surface area contributed by atoms with Crippen LogP contribution in [0.1, 0.15) is 97.3 Å². The van der Waals surface area contributed by atoms with Gasteiger partial charge in [0.1, 0.15) is 0 Å². The highest BCUT2D eigenvalue weighted by molar-refractivity contribution is 4.80. The highest BCUT2D eigenvalue weighted by Crippen LogP contribution is 2.33. The quantitative estimate of drug-likeness (QED) is 0.507. The van der Waals surface area contributed by atoms with Gasteiger partial charge in [0, 0.05) is 6.04 Å². The van der Waals surface area contributed by atoms with Crippen molar-refractivity contribution >= 4 is 0 Å². The molecule has 114 valence electrons. The molecule has 0 bridgehead atoms. The lowest BCUT2D eigenvalue weighted by molar-refractivity contribution is 0.221. The summed E-state index contributed by atoms with van der Waals surface area (Å²) in [5.74, 6) is 1.80. The second-order valence-electron chi connectivity index (χ2n) is 6.77. The van der Waals surface area contributed by atoms with Gasteiger partial charge in [0.15, 0.2) is 0 Å². The van der Waals surface area contributed by atoms with Crippen molar-refractivity contribution in [1.82, 2.24) is 0 Å². The molecule has 0 aromatic carbocycles. The Morgan fingerprint density at radius 2 is 1.63 bits per heavy atom. The van der Waals surface area contributed by atoms with Gasteiger partial charge in [-0.05, 0) is 31.1 Å². The molecule has 3 unspecified atom stereocenters. The first-order valence-corrected chi connectivity index (χ1v) is 9.03. The molecule has 1 saturated carbocycles. The Morgan fingerprint density at radius 3 is 2.32 bits per heavy atom. The Morgan fingerprint density at radius 1 is 0.947 bits per heavy atom. The number of hydrogen-bond donors (Lipinski definition) is 1. The van der Waals surface area contributed by atoms with Crippen molar-refractivity contribution in [2.45, 2.75) is 103 Å². The number of hydrogen-bond acceptors (Lipinski definition) is 1. The van der Waals surface area contributed by atoms with E-state index in [1.54, 1.807) is 0 Å². The van der Waals surface area contributed by atoms with E-state index in [4.69, 9.17) is 5.73 Å². The summed E-state index contributed by atoms with van der Waals surface area (Å²) in [6, 6.07) is 0.491. The average Bonchev–Trinajstić information content (AvgIpc) is 2.46. The standard InChI is InChI=1S/C18H37N/c1-3-5-6-7-8-9-10-14-18(19)17-13-11-12-16(4-2)15-17/h16-18H,3-15,19H2,1-2H3. The van der Waals surface area contributed by atoms with Gasteiger partial charge in [-0.1, -0.05) is 78.1 Å². The Bertz CT molecular complexity index is 202. The van der Waals surface area contributed by atoms with Gasteiger partial charge in [0.2, 0.25) is 0 Å². The molecule has 1 aliphatic rings. The topological polar surface area (TPSA) is 26.0 Å². The molecule has 0 spiro atoms. The molecule has 0 aromatic heterocycles. The van der Waals surface area contributed by atoms with Crippen molar-refractivity contribution in [1.29, 1.82) is 0 Å². The second kappa shape index (κ2) is 10.7. The number of rotatable bonds is 10. The maximum Gasteiger partial charge on any atom is 0.00672 e. The van der Waals surface area contributed by atoms with Crippen molar-refractivity contribution in [2.24, 2.45) is 17.6 Å². The fourth-order valence-electron chi connectivity index (χ4n) is 3.67. The highest BCUT2D eigenvalue weighted by atomic mass is 14.6. The molecule has 19 heavy (non-hydrogen) atoms. The van der Waals surface area contributed by atoms with Crippen molar-refractivity contribution in [2.75, 3.05) is 0 Å². The van der Waals surface area contributed by atoms with Crippen LogP contribution in [0.4, 0.5) is 0 Å². The van der Waals surface area contributed by atoms with Crippen LogP contribution in [0.15, 0.2) is 0 Å². The molecule has 3 atom stereocenters. The van der Waals surface area contributed by atoms with Crippen LogP contribution in [-0.2, 0) is 0 Å². The molecule has 1 aliphatic carbocycles. The third kappa shape index (κ3) is 7.34. The van der Waals surface area contributed by atoms with E-state index in [9.17, 15) is 0 Å². The van der Waals surface area contributed by atoms with Gasteiger partial charge in [-0.15, -0.1) is 0 Å². The van der Waals surface area contributed by atoms with E-state index in [2.05, 4.69) is 13.8 Å². The van der Waals surface area contributed by atoms with Crippen LogP contribution in [0.3, 0.4) is 0 Å². The van der Waals surface area contributed by atoms with Crippen LogP contribution < -0.4 is 5.73 Å². The highest BCUT2D eigenvalue weighted by Gasteiger charge is 2.25. The molecule has 1 fully saturated rings. The van der Waals surface area contributed by atoms with Crippen LogP contribution in [0, 0.1) is 11.8 Å².